The monoisotopic (exact) mass is 522 g/mol. The van der Waals surface area contributed by atoms with Crippen LogP contribution in [0.4, 0.5) is 0 Å². The van der Waals surface area contributed by atoms with E-state index in [-0.39, 0.29) is 11.5 Å². The molecular formula is C26H24BrClN4O. The van der Waals surface area contributed by atoms with Crippen molar-refractivity contribution < 1.29 is 0 Å². The van der Waals surface area contributed by atoms with Crippen molar-refractivity contribution in [1.29, 1.82) is 0 Å². The predicted octanol–water partition coefficient (Wildman–Crippen LogP) is 6.84. The molecule has 1 aliphatic carbocycles. The first-order chi connectivity index (χ1) is 16.0. The Hall–Kier alpha value is -2.70. The molecule has 5 nitrogen and oxygen atoms in total. The third-order valence-corrected chi connectivity index (χ3v) is 7.23. The van der Waals surface area contributed by atoms with Gasteiger partial charge in [0.05, 0.1) is 22.8 Å². The molecule has 0 N–H and O–H groups in total. The maximum Gasteiger partial charge on any atom is 0.282 e. The van der Waals surface area contributed by atoms with Gasteiger partial charge in [0.1, 0.15) is 5.82 Å². The van der Waals surface area contributed by atoms with Crippen LogP contribution in [0.5, 0.6) is 0 Å². The highest BCUT2D eigenvalue weighted by Gasteiger charge is 2.22. The summed E-state index contributed by atoms with van der Waals surface area (Å²) in [6, 6.07) is 15.5. The zero-order chi connectivity index (χ0) is 22.9. The summed E-state index contributed by atoms with van der Waals surface area (Å²) < 4.78 is 4.39. The average Bonchev–Trinajstić information content (AvgIpc) is 3.30. The number of nitrogens with zero attached hydrogens (tertiary/aromatic N) is 4. The van der Waals surface area contributed by atoms with Crippen LogP contribution in [-0.2, 0) is 0 Å². The predicted molar refractivity (Wildman–Crippen MR) is 138 cm³/mol. The second-order valence-electron chi connectivity index (χ2n) is 8.56. The van der Waals surface area contributed by atoms with Crippen molar-refractivity contribution >= 4 is 44.6 Å². The van der Waals surface area contributed by atoms with Gasteiger partial charge in [-0.3, -0.25) is 4.79 Å². The standard InChI is InChI=1S/C26H24BrClN4O/c1-17-14-20(10-11-23(17)28)31-13-5-8-21(31)16-29-32-25(18-6-3-2-4-7-18)30-24-12-9-19(27)15-22(24)26(32)33/h5,8-16,18H,2-4,6-7H2,1H3. The van der Waals surface area contributed by atoms with Crippen LogP contribution >= 0.6 is 27.5 Å². The van der Waals surface area contributed by atoms with Crippen molar-refractivity contribution in [2.75, 3.05) is 0 Å². The molecule has 7 heteroatoms. The third-order valence-electron chi connectivity index (χ3n) is 6.31. The molecule has 0 atom stereocenters. The van der Waals surface area contributed by atoms with Crippen LogP contribution in [0.1, 0.15) is 55.1 Å². The van der Waals surface area contributed by atoms with E-state index in [2.05, 4.69) is 21.0 Å². The topological polar surface area (TPSA) is 52.2 Å². The Morgan fingerprint density at radius 2 is 1.94 bits per heavy atom. The van der Waals surface area contributed by atoms with Crippen LogP contribution in [-0.4, -0.2) is 20.4 Å². The molecule has 0 spiro atoms. The van der Waals surface area contributed by atoms with Crippen LogP contribution in [0, 0.1) is 6.92 Å². The van der Waals surface area contributed by atoms with Crippen LogP contribution in [0.2, 0.25) is 5.02 Å². The molecule has 33 heavy (non-hydrogen) atoms. The summed E-state index contributed by atoms with van der Waals surface area (Å²) >= 11 is 9.68. The first kappa shape index (κ1) is 22.1. The molecule has 2 aromatic heterocycles. The summed E-state index contributed by atoms with van der Waals surface area (Å²) in [5.74, 6) is 0.994. The number of benzene rings is 2. The van der Waals surface area contributed by atoms with Crippen LogP contribution in [0.3, 0.4) is 0 Å². The lowest BCUT2D eigenvalue weighted by molar-refractivity contribution is 0.416. The van der Waals surface area contributed by atoms with E-state index in [0.29, 0.717) is 5.39 Å². The van der Waals surface area contributed by atoms with Gasteiger partial charge in [0.15, 0.2) is 0 Å². The minimum absolute atomic E-state index is 0.140. The Labute approximate surface area is 205 Å². The van der Waals surface area contributed by atoms with E-state index in [9.17, 15) is 4.79 Å². The molecule has 168 valence electrons. The van der Waals surface area contributed by atoms with Gasteiger partial charge in [-0.2, -0.15) is 9.78 Å². The van der Waals surface area contributed by atoms with Crippen molar-refractivity contribution in [1.82, 2.24) is 14.2 Å². The van der Waals surface area contributed by atoms with Gasteiger partial charge < -0.3 is 4.57 Å². The largest absolute Gasteiger partial charge is 0.316 e. The number of halogens is 2. The fraction of sp³-hybridized carbons (Fsp3) is 0.269. The highest BCUT2D eigenvalue weighted by atomic mass is 79.9. The highest BCUT2D eigenvalue weighted by Crippen LogP contribution is 2.32. The van der Waals surface area contributed by atoms with Crippen LogP contribution < -0.4 is 5.56 Å². The van der Waals surface area contributed by atoms with Crippen molar-refractivity contribution in [3.63, 3.8) is 0 Å². The number of hydrogen-bond donors (Lipinski definition) is 0. The van der Waals surface area contributed by atoms with Gasteiger partial charge in [-0.05, 0) is 73.9 Å². The summed E-state index contributed by atoms with van der Waals surface area (Å²) in [6.07, 6.45) is 9.32. The average molecular weight is 524 g/mol. The second kappa shape index (κ2) is 9.27. The van der Waals surface area contributed by atoms with Gasteiger partial charge in [0, 0.05) is 27.3 Å². The molecule has 1 fully saturated rings. The zero-order valence-electron chi connectivity index (χ0n) is 18.3. The van der Waals surface area contributed by atoms with Crippen molar-refractivity contribution in [2.24, 2.45) is 5.10 Å². The molecule has 2 heterocycles. The molecule has 5 rings (SSSR count). The molecule has 0 bridgehead atoms. The molecule has 1 saturated carbocycles. The first-order valence-electron chi connectivity index (χ1n) is 11.2. The normalized spacial score (nSPS) is 15.0. The SMILES string of the molecule is Cc1cc(-n2cccc2C=Nn2c(C3CCCCC3)nc3ccc(Br)cc3c2=O)ccc1Cl. The van der Waals surface area contributed by atoms with Crippen molar-refractivity contribution in [3.8, 4) is 5.69 Å². The minimum Gasteiger partial charge on any atom is -0.316 e. The molecule has 1 aliphatic rings. The number of aryl methyl sites for hydroxylation is 1. The number of rotatable bonds is 4. The first-order valence-corrected chi connectivity index (χ1v) is 12.4. The number of aromatic nitrogens is 3. The number of fused-ring (bicyclic) bond motifs is 1. The Morgan fingerprint density at radius 3 is 2.73 bits per heavy atom. The molecule has 2 aromatic carbocycles. The zero-order valence-corrected chi connectivity index (χ0v) is 20.7. The maximum atomic E-state index is 13.5. The lowest BCUT2D eigenvalue weighted by Gasteiger charge is -2.22. The van der Waals surface area contributed by atoms with Gasteiger partial charge in [0.25, 0.3) is 5.56 Å². The molecule has 0 saturated heterocycles. The van der Waals surface area contributed by atoms with Gasteiger partial charge >= 0.3 is 0 Å². The summed E-state index contributed by atoms with van der Waals surface area (Å²) in [4.78, 5) is 18.4. The highest BCUT2D eigenvalue weighted by molar-refractivity contribution is 9.10. The summed E-state index contributed by atoms with van der Waals surface area (Å²) in [7, 11) is 0. The summed E-state index contributed by atoms with van der Waals surface area (Å²) in [5.41, 5.74) is 3.44. The molecule has 0 unspecified atom stereocenters. The Morgan fingerprint density at radius 1 is 1.12 bits per heavy atom. The lowest BCUT2D eigenvalue weighted by atomic mass is 9.88. The molecule has 0 amide bonds. The Kier molecular flexibility index (Phi) is 6.21. The fourth-order valence-electron chi connectivity index (χ4n) is 4.53. The van der Waals surface area contributed by atoms with E-state index in [1.165, 1.54) is 11.1 Å². The van der Waals surface area contributed by atoms with E-state index in [1.54, 1.807) is 6.21 Å². The summed E-state index contributed by atoms with van der Waals surface area (Å²) in [6.45, 7) is 1.98. The maximum absolute atomic E-state index is 13.5. The van der Waals surface area contributed by atoms with Crippen LogP contribution in [0.25, 0.3) is 16.6 Å². The molecule has 4 aromatic rings. The van der Waals surface area contributed by atoms with Crippen molar-refractivity contribution in [2.45, 2.75) is 44.9 Å². The van der Waals surface area contributed by atoms with Gasteiger partial charge in [0.2, 0.25) is 0 Å². The van der Waals surface area contributed by atoms with Gasteiger partial charge in [-0.15, -0.1) is 0 Å². The molecule has 0 radical (unpaired) electrons. The van der Waals surface area contributed by atoms with E-state index in [4.69, 9.17) is 16.6 Å². The fourth-order valence-corrected chi connectivity index (χ4v) is 5.01. The summed E-state index contributed by atoms with van der Waals surface area (Å²) in [5, 5.41) is 5.98. The van der Waals surface area contributed by atoms with E-state index in [0.717, 1.165) is 63.5 Å². The third kappa shape index (κ3) is 4.42. The van der Waals surface area contributed by atoms with E-state index >= 15 is 0 Å². The molecule has 0 aliphatic heterocycles. The van der Waals surface area contributed by atoms with Crippen LogP contribution in [0.15, 0.2) is 69.1 Å². The quantitative estimate of drug-likeness (QED) is 0.275. The van der Waals surface area contributed by atoms with Gasteiger partial charge in [-0.25, -0.2) is 4.98 Å². The Bertz CT molecular complexity index is 1420. The minimum atomic E-state index is -0.140. The Balaban J connectivity index is 1.61. The van der Waals surface area contributed by atoms with E-state index < -0.39 is 0 Å². The second-order valence-corrected chi connectivity index (χ2v) is 9.89. The van der Waals surface area contributed by atoms with E-state index in [1.807, 2.05) is 66.2 Å². The lowest BCUT2D eigenvalue weighted by Crippen LogP contribution is -2.25. The molecular weight excluding hydrogens is 500 g/mol. The van der Waals surface area contributed by atoms with Crippen molar-refractivity contribution in [3.05, 3.63) is 91.7 Å². The number of hydrogen-bond acceptors (Lipinski definition) is 3. The van der Waals surface area contributed by atoms with Gasteiger partial charge in [-0.1, -0.05) is 46.8 Å². The smallest absolute Gasteiger partial charge is 0.282 e.